The van der Waals surface area contributed by atoms with Gasteiger partial charge in [0.05, 0.1) is 6.20 Å². The standard InChI is InChI=1S/C8H7FN4/c9-6-2-1-3-7(4-6)11-8-5-10-13-12-8/h1-5H,(H2,10,11,12,13). The Kier molecular flexibility index (Phi) is 1.91. The minimum Gasteiger partial charge on any atom is -0.339 e. The average Bonchev–Trinajstić information content (AvgIpc) is 2.57. The van der Waals surface area contributed by atoms with Crippen LogP contribution in [0.4, 0.5) is 15.9 Å². The number of H-pyrrole nitrogens is 1. The molecule has 1 aromatic heterocycles. The van der Waals surface area contributed by atoms with Gasteiger partial charge in [0.1, 0.15) is 11.6 Å². The van der Waals surface area contributed by atoms with Crippen LogP contribution in [0.25, 0.3) is 0 Å². The summed E-state index contributed by atoms with van der Waals surface area (Å²) in [5, 5.41) is 12.6. The summed E-state index contributed by atoms with van der Waals surface area (Å²) in [5.74, 6) is 0.350. The molecule has 4 nitrogen and oxygen atoms in total. The van der Waals surface area contributed by atoms with Gasteiger partial charge in [0.25, 0.3) is 0 Å². The van der Waals surface area contributed by atoms with Gasteiger partial charge in [0.2, 0.25) is 0 Å². The third-order valence-electron chi connectivity index (χ3n) is 1.52. The highest BCUT2D eigenvalue weighted by Gasteiger charge is 1.96. The summed E-state index contributed by atoms with van der Waals surface area (Å²) in [6.45, 7) is 0. The lowest BCUT2D eigenvalue weighted by molar-refractivity contribution is 0.628. The number of aromatic nitrogens is 3. The van der Waals surface area contributed by atoms with Crippen LogP contribution in [-0.4, -0.2) is 15.4 Å². The van der Waals surface area contributed by atoms with E-state index in [-0.39, 0.29) is 5.82 Å². The zero-order valence-electron chi connectivity index (χ0n) is 6.66. The maximum atomic E-state index is 12.7. The average molecular weight is 178 g/mol. The minimum atomic E-state index is -0.280. The molecule has 0 aliphatic rings. The van der Waals surface area contributed by atoms with Crippen LogP contribution in [0.1, 0.15) is 0 Å². The van der Waals surface area contributed by atoms with Gasteiger partial charge in [0.15, 0.2) is 0 Å². The zero-order chi connectivity index (χ0) is 9.10. The second-order valence-corrected chi connectivity index (χ2v) is 2.51. The van der Waals surface area contributed by atoms with Crippen LogP contribution in [0.15, 0.2) is 30.5 Å². The fourth-order valence-corrected chi connectivity index (χ4v) is 0.980. The molecule has 0 unspecified atom stereocenters. The topological polar surface area (TPSA) is 53.6 Å². The van der Waals surface area contributed by atoms with Gasteiger partial charge in [-0.25, -0.2) is 9.49 Å². The van der Waals surface area contributed by atoms with Crippen LogP contribution in [0.2, 0.25) is 0 Å². The van der Waals surface area contributed by atoms with E-state index in [0.29, 0.717) is 11.5 Å². The van der Waals surface area contributed by atoms with Crippen LogP contribution < -0.4 is 5.32 Å². The Morgan fingerprint density at radius 2 is 2.31 bits per heavy atom. The number of rotatable bonds is 2. The monoisotopic (exact) mass is 178 g/mol. The normalized spacial score (nSPS) is 9.92. The molecule has 0 fully saturated rings. The number of aromatic amines is 1. The highest BCUT2D eigenvalue weighted by Crippen LogP contribution is 2.13. The maximum absolute atomic E-state index is 12.7. The SMILES string of the molecule is Fc1cccc(Nc2cnn[nH]2)c1. The predicted molar refractivity (Wildman–Crippen MR) is 46.1 cm³/mol. The van der Waals surface area contributed by atoms with Crippen molar-refractivity contribution >= 4 is 11.5 Å². The summed E-state index contributed by atoms with van der Waals surface area (Å²) in [5.41, 5.74) is 0.658. The Morgan fingerprint density at radius 1 is 1.38 bits per heavy atom. The zero-order valence-corrected chi connectivity index (χ0v) is 6.66. The predicted octanol–water partition coefficient (Wildman–Crippen LogP) is 1.69. The summed E-state index contributed by atoms with van der Waals surface area (Å²) in [7, 11) is 0. The van der Waals surface area contributed by atoms with Gasteiger partial charge in [-0.2, -0.15) is 0 Å². The smallest absolute Gasteiger partial charge is 0.146 e. The van der Waals surface area contributed by atoms with Crippen molar-refractivity contribution in [3.05, 3.63) is 36.3 Å². The van der Waals surface area contributed by atoms with Crippen molar-refractivity contribution in [1.82, 2.24) is 15.4 Å². The van der Waals surface area contributed by atoms with Crippen molar-refractivity contribution in [2.75, 3.05) is 5.32 Å². The Balaban J connectivity index is 2.19. The third kappa shape index (κ3) is 1.81. The molecule has 0 aliphatic heterocycles. The molecule has 66 valence electrons. The summed E-state index contributed by atoms with van der Waals surface area (Å²) < 4.78 is 12.7. The van der Waals surface area contributed by atoms with Crippen LogP contribution in [0.3, 0.4) is 0 Å². The van der Waals surface area contributed by atoms with E-state index in [1.165, 1.54) is 18.3 Å². The Hall–Kier alpha value is -1.91. The van der Waals surface area contributed by atoms with E-state index in [9.17, 15) is 4.39 Å². The lowest BCUT2D eigenvalue weighted by Gasteiger charge is -2.01. The Labute approximate surface area is 73.8 Å². The summed E-state index contributed by atoms with van der Waals surface area (Å²) in [4.78, 5) is 0. The molecular weight excluding hydrogens is 171 g/mol. The van der Waals surface area contributed by atoms with Crippen molar-refractivity contribution in [2.45, 2.75) is 0 Å². The fraction of sp³-hybridized carbons (Fsp3) is 0. The highest BCUT2D eigenvalue weighted by atomic mass is 19.1. The van der Waals surface area contributed by atoms with Gasteiger partial charge in [0, 0.05) is 5.69 Å². The molecule has 0 saturated carbocycles. The number of nitrogens with zero attached hydrogens (tertiary/aromatic N) is 2. The first-order chi connectivity index (χ1) is 6.34. The molecular formula is C8H7FN4. The van der Waals surface area contributed by atoms with Crippen LogP contribution in [-0.2, 0) is 0 Å². The third-order valence-corrected chi connectivity index (χ3v) is 1.52. The largest absolute Gasteiger partial charge is 0.339 e. The van der Waals surface area contributed by atoms with E-state index >= 15 is 0 Å². The number of anilines is 2. The molecule has 0 spiro atoms. The second kappa shape index (κ2) is 3.22. The number of benzene rings is 1. The number of nitrogens with one attached hydrogen (secondary N) is 2. The van der Waals surface area contributed by atoms with Crippen LogP contribution >= 0.6 is 0 Å². The summed E-state index contributed by atoms with van der Waals surface area (Å²) in [6, 6.07) is 6.16. The van der Waals surface area contributed by atoms with Crippen molar-refractivity contribution in [3.63, 3.8) is 0 Å². The first-order valence-corrected chi connectivity index (χ1v) is 3.73. The van der Waals surface area contributed by atoms with Crippen molar-refractivity contribution in [3.8, 4) is 0 Å². The van der Waals surface area contributed by atoms with Gasteiger partial charge in [-0.1, -0.05) is 11.3 Å². The molecule has 1 heterocycles. The molecule has 0 atom stereocenters. The molecule has 0 amide bonds. The van der Waals surface area contributed by atoms with E-state index in [4.69, 9.17) is 0 Å². The Morgan fingerprint density at radius 3 is 3.00 bits per heavy atom. The molecule has 2 N–H and O–H groups in total. The summed E-state index contributed by atoms with van der Waals surface area (Å²) >= 11 is 0. The van der Waals surface area contributed by atoms with Gasteiger partial charge < -0.3 is 5.32 Å². The van der Waals surface area contributed by atoms with Crippen LogP contribution in [0.5, 0.6) is 0 Å². The Bertz CT molecular complexity index is 385. The van der Waals surface area contributed by atoms with Crippen molar-refractivity contribution in [2.24, 2.45) is 0 Å². The minimum absolute atomic E-state index is 0.280. The van der Waals surface area contributed by atoms with Gasteiger partial charge in [-0.05, 0) is 18.2 Å². The van der Waals surface area contributed by atoms with Crippen molar-refractivity contribution in [1.29, 1.82) is 0 Å². The lowest BCUT2D eigenvalue weighted by atomic mass is 10.3. The quantitative estimate of drug-likeness (QED) is 0.735. The molecule has 1 aromatic carbocycles. The highest BCUT2D eigenvalue weighted by molar-refractivity contribution is 5.54. The molecule has 0 saturated heterocycles. The van der Waals surface area contributed by atoms with E-state index in [1.54, 1.807) is 12.1 Å². The van der Waals surface area contributed by atoms with Gasteiger partial charge in [-0.3, -0.25) is 0 Å². The van der Waals surface area contributed by atoms with Gasteiger partial charge in [-0.15, -0.1) is 5.10 Å². The molecule has 0 aliphatic carbocycles. The molecule has 13 heavy (non-hydrogen) atoms. The lowest BCUT2D eigenvalue weighted by Crippen LogP contribution is -1.90. The van der Waals surface area contributed by atoms with E-state index in [1.807, 2.05) is 0 Å². The fourth-order valence-electron chi connectivity index (χ4n) is 0.980. The van der Waals surface area contributed by atoms with Crippen LogP contribution in [0, 0.1) is 5.82 Å². The second-order valence-electron chi connectivity index (χ2n) is 2.51. The number of hydrogen-bond acceptors (Lipinski definition) is 3. The first-order valence-electron chi connectivity index (χ1n) is 3.73. The molecule has 2 rings (SSSR count). The van der Waals surface area contributed by atoms with E-state index in [0.717, 1.165) is 0 Å². The van der Waals surface area contributed by atoms with E-state index in [2.05, 4.69) is 20.7 Å². The van der Waals surface area contributed by atoms with Gasteiger partial charge >= 0.3 is 0 Å². The number of halogens is 1. The summed E-state index contributed by atoms with van der Waals surface area (Å²) in [6.07, 6.45) is 1.52. The molecule has 2 aromatic rings. The first kappa shape index (κ1) is 7.72. The maximum Gasteiger partial charge on any atom is 0.146 e. The molecule has 0 radical (unpaired) electrons. The van der Waals surface area contributed by atoms with E-state index < -0.39 is 0 Å². The van der Waals surface area contributed by atoms with Crippen molar-refractivity contribution < 1.29 is 4.39 Å². The molecule has 0 bridgehead atoms. The molecule has 5 heteroatoms. The number of hydrogen-bond donors (Lipinski definition) is 2.